The lowest BCUT2D eigenvalue weighted by molar-refractivity contribution is 0.369. The van der Waals surface area contributed by atoms with Gasteiger partial charge in [-0.1, -0.05) is 20.8 Å². The van der Waals surface area contributed by atoms with Crippen LogP contribution in [0.25, 0.3) is 0 Å². The van der Waals surface area contributed by atoms with Gasteiger partial charge in [0.25, 0.3) is 0 Å². The zero-order valence-corrected chi connectivity index (χ0v) is 12.6. The number of rotatable bonds is 8. The molecule has 0 radical (unpaired) electrons. The van der Waals surface area contributed by atoms with E-state index < -0.39 is 0 Å². The summed E-state index contributed by atoms with van der Waals surface area (Å²) in [6, 6.07) is 0. The van der Waals surface area contributed by atoms with Gasteiger partial charge >= 0.3 is 0 Å². The van der Waals surface area contributed by atoms with E-state index in [0.29, 0.717) is 0 Å². The number of aromatic nitrogens is 2. The van der Waals surface area contributed by atoms with Gasteiger partial charge in [-0.3, -0.25) is 4.68 Å². The van der Waals surface area contributed by atoms with Gasteiger partial charge in [-0.25, -0.2) is 0 Å². The van der Waals surface area contributed by atoms with Crippen LogP contribution in [0.5, 0.6) is 0 Å². The van der Waals surface area contributed by atoms with Crippen LogP contribution in [0.4, 0.5) is 0 Å². The van der Waals surface area contributed by atoms with Gasteiger partial charge < -0.3 is 10.2 Å². The van der Waals surface area contributed by atoms with Crippen LogP contribution in [-0.2, 0) is 25.9 Å². The summed E-state index contributed by atoms with van der Waals surface area (Å²) in [5.74, 6) is 0. The highest BCUT2D eigenvalue weighted by molar-refractivity contribution is 5.26. The minimum absolute atomic E-state index is 0.949. The lowest BCUT2D eigenvalue weighted by Gasteiger charge is -2.12. The highest BCUT2D eigenvalue weighted by Gasteiger charge is 2.14. The van der Waals surface area contributed by atoms with Crippen molar-refractivity contribution in [3.05, 3.63) is 17.0 Å². The molecule has 1 heterocycles. The molecule has 0 aliphatic rings. The Kier molecular flexibility index (Phi) is 6.36. The second-order valence-corrected chi connectivity index (χ2v) is 4.89. The minimum atomic E-state index is 0.949. The quantitative estimate of drug-likeness (QED) is 0.764. The van der Waals surface area contributed by atoms with Crippen molar-refractivity contribution in [2.45, 2.75) is 46.7 Å². The van der Waals surface area contributed by atoms with E-state index in [1.54, 1.807) is 0 Å². The predicted molar refractivity (Wildman–Crippen MR) is 76.9 cm³/mol. The van der Waals surface area contributed by atoms with Crippen molar-refractivity contribution in [1.29, 1.82) is 0 Å². The number of nitrogens with zero attached hydrogens (tertiary/aromatic N) is 3. The molecule has 0 unspecified atom stereocenters. The number of hydrogen-bond donors (Lipinski definition) is 1. The standard InChI is InChI=1S/C14H28N4/c1-6-13-12(11-15-8-3)14(7-2)18(16-13)10-9-17(4)5/h15H,6-11H2,1-5H3. The summed E-state index contributed by atoms with van der Waals surface area (Å²) in [4.78, 5) is 2.21. The maximum atomic E-state index is 4.77. The van der Waals surface area contributed by atoms with E-state index in [1.807, 2.05) is 0 Å². The number of aryl methyl sites for hydroxylation is 1. The number of likely N-dealkylation sites (N-methyl/N-ethyl adjacent to an activating group) is 1. The fourth-order valence-electron chi connectivity index (χ4n) is 2.20. The Morgan fingerprint density at radius 1 is 1.17 bits per heavy atom. The molecule has 0 atom stereocenters. The molecule has 18 heavy (non-hydrogen) atoms. The van der Waals surface area contributed by atoms with Gasteiger partial charge in [0.1, 0.15) is 0 Å². The summed E-state index contributed by atoms with van der Waals surface area (Å²) in [7, 11) is 4.21. The van der Waals surface area contributed by atoms with Gasteiger partial charge in [0.15, 0.2) is 0 Å². The fourth-order valence-corrected chi connectivity index (χ4v) is 2.20. The third-order valence-electron chi connectivity index (χ3n) is 3.23. The molecule has 0 aliphatic carbocycles. The normalized spacial score (nSPS) is 11.4. The zero-order chi connectivity index (χ0) is 13.5. The van der Waals surface area contributed by atoms with Crippen LogP contribution in [0.2, 0.25) is 0 Å². The molecule has 0 spiro atoms. The monoisotopic (exact) mass is 252 g/mol. The predicted octanol–water partition coefficient (Wildman–Crippen LogP) is 1.68. The van der Waals surface area contributed by atoms with Crippen LogP contribution in [0, 0.1) is 0 Å². The van der Waals surface area contributed by atoms with E-state index in [4.69, 9.17) is 5.10 Å². The molecule has 4 nitrogen and oxygen atoms in total. The Hall–Kier alpha value is -0.870. The van der Waals surface area contributed by atoms with E-state index in [2.05, 4.69) is 49.8 Å². The molecule has 1 aromatic heterocycles. The molecular formula is C14H28N4. The average Bonchev–Trinajstić information content (AvgIpc) is 2.70. The summed E-state index contributed by atoms with van der Waals surface area (Å²) in [5.41, 5.74) is 4.07. The van der Waals surface area contributed by atoms with Gasteiger partial charge in [-0.2, -0.15) is 5.10 Å². The van der Waals surface area contributed by atoms with Crippen LogP contribution in [0.1, 0.15) is 37.7 Å². The van der Waals surface area contributed by atoms with Crippen molar-refractivity contribution in [2.24, 2.45) is 0 Å². The third-order valence-corrected chi connectivity index (χ3v) is 3.23. The first kappa shape index (κ1) is 15.2. The third kappa shape index (κ3) is 3.82. The molecule has 1 N–H and O–H groups in total. The largest absolute Gasteiger partial charge is 0.313 e. The lowest BCUT2D eigenvalue weighted by Crippen LogP contribution is -2.20. The van der Waals surface area contributed by atoms with E-state index in [-0.39, 0.29) is 0 Å². The molecule has 0 aromatic carbocycles. The molecule has 0 fully saturated rings. The van der Waals surface area contributed by atoms with Crippen LogP contribution in [0.3, 0.4) is 0 Å². The smallest absolute Gasteiger partial charge is 0.0669 e. The molecule has 4 heteroatoms. The topological polar surface area (TPSA) is 33.1 Å². The Balaban J connectivity index is 2.92. The van der Waals surface area contributed by atoms with Crippen molar-refractivity contribution in [2.75, 3.05) is 27.2 Å². The van der Waals surface area contributed by atoms with Gasteiger partial charge in [0.05, 0.1) is 12.2 Å². The Morgan fingerprint density at radius 3 is 2.39 bits per heavy atom. The zero-order valence-electron chi connectivity index (χ0n) is 12.6. The maximum Gasteiger partial charge on any atom is 0.0669 e. The SMILES string of the molecule is CCNCc1c(CC)nn(CCN(C)C)c1CC. The average molecular weight is 252 g/mol. The van der Waals surface area contributed by atoms with Crippen LogP contribution >= 0.6 is 0 Å². The van der Waals surface area contributed by atoms with Crippen LogP contribution in [-0.4, -0.2) is 41.9 Å². The maximum absolute atomic E-state index is 4.77. The second-order valence-electron chi connectivity index (χ2n) is 4.89. The summed E-state index contributed by atoms with van der Waals surface area (Å²) >= 11 is 0. The summed E-state index contributed by atoms with van der Waals surface area (Å²) in [5, 5.41) is 8.20. The van der Waals surface area contributed by atoms with E-state index in [1.165, 1.54) is 17.0 Å². The van der Waals surface area contributed by atoms with Gasteiger partial charge in [0, 0.05) is 24.3 Å². The molecule has 1 rings (SSSR count). The first-order valence-corrected chi connectivity index (χ1v) is 7.06. The fraction of sp³-hybridized carbons (Fsp3) is 0.786. The Labute approximate surface area is 111 Å². The van der Waals surface area contributed by atoms with Crippen molar-refractivity contribution < 1.29 is 0 Å². The minimum Gasteiger partial charge on any atom is -0.313 e. The van der Waals surface area contributed by atoms with Gasteiger partial charge in [-0.05, 0) is 33.5 Å². The lowest BCUT2D eigenvalue weighted by atomic mass is 10.1. The summed E-state index contributed by atoms with van der Waals surface area (Å²) in [6.45, 7) is 10.5. The highest BCUT2D eigenvalue weighted by Crippen LogP contribution is 2.16. The number of hydrogen-bond acceptors (Lipinski definition) is 3. The van der Waals surface area contributed by atoms with Crippen molar-refractivity contribution >= 4 is 0 Å². The van der Waals surface area contributed by atoms with Crippen LogP contribution < -0.4 is 5.32 Å². The van der Waals surface area contributed by atoms with Gasteiger partial charge in [0.2, 0.25) is 0 Å². The Morgan fingerprint density at radius 2 is 1.89 bits per heavy atom. The molecule has 0 aliphatic heterocycles. The van der Waals surface area contributed by atoms with Gasteiger partial charge in [-0.15, -0.1) is 0 Å². The summed E-state index contributed by atoms with van der Waals surface area (Å²) in [6.07, 6.45) is 2.07. The first-order chi connectivity index (χ1) is 8.63. The summed E-state index contributed by atoms with van der Waals surface area (Å²) < 4.78 is 2.20. The number of nitrogens with one attached hydrogen (secondary N) is 1. The highest BCUT2D eigenvalue weighted by atomic mass is 15.3. The van der Waals surface area contributed by atoms with Crippen molar-refractivity contribution in [3.63, 3.8) is 0 Å². The van der Waals surface area contributed by atoms with E-state index in [0.717, 1.165) is 39.0 Å². The van der Waals surface area contributed by atoms with E-state index in [9.17, 15) is 0 Å². The van der Waals surface area contributed by atoms with Crippen LogP contribution in [0.15, 0.2) is 0 Å². The van der Waals surface area contributed by atoms with Crippen molar-refractivity contribution in [1.82, 2.24) is 20.0 Å². The molecule has 1 aromatic rings. The Bertz CT molecular complexity index is 355. The molecule has 0 saturated carbocycles. The molecular weight excluding hydrogens is 224 g/mol. The second kappa shape index (κ2) is 7.54. The molecule has 0 amide bonds. The molecule has 104 valence electrons. The first-order valence-electron chi connectivity index (χ1n) is 7.06. The molecule has 0 bridgehead atoms. The van der Waals surface area contributed by atoms with E-state index >= 15 is 0 Å². The van der Waals surface area contributed by atoms with Crippen molar-refractivity contribution in [3.8, 4) is 0 Å². The molecule has 0 saturated heterocycles.